The maximum absolute atomic E-state index is 12.2. The molecule has 1 rings (SSSR count). The second-order valence-corrected chi connectivity index (χ2v) is 2.55. The molecule has 0 amide bonds. The highest BCUT2D eigenvalue weighted by Crippen LogP contribution is 2.07. The summed E-state index contributed by atoms with van der Waals surface area (Å²) < 4.78 is 12.2. The van der Waals surface area contributed by atoms with Crippen molar-refractivity contribution in [3.05, 3.63) is 41.5 Å². The Kier molecular flexibility index (Phi) is 3.20. The molecule has 2 nitrogen and oxygen atoms in total. The summed E-state index contributed by atoms with van der Waals surface area (Å²) >= 11 is 0. The van der Waals surface area contributed by atoms with Gasteiger partial charge in [0.1, 0.15) is 6.67 Å². The molecule has 3 heteroatoms. The molecule has 13 heavy (non-hydrogen) atoms. The molecule has 68 valence electrons. The van der Waals surface area contributed by atoms with Gasteiger partial charge in [-0.2, -0.15) is 0 Å². The van der Waals surface area contributed by atoms with Crippen molar-refractivity contribution in [2.75, 3.05) is 0 Å². The Labute approximate surface area is 75.3 Å². The van der Waals surface area contributed by atoms with Gasteiger partial charge in [-0.05, 0) is 23.3 Å². The van der Waals surface area contributed by atoms with Gasteiger partial charge in [-0.1, -0.05) is 18.2 Å². The fourth-order valence-corrected chi connectivity index (χ4v) is 0.947. The Bertz CT molecular complexity index is 331. The number of carboxylic acids is 1. The lowest BCUT2D eigenvalue weighted by molar-refractivity contribution is -0.131. The predicted molar refractivity (Wildman–Crippen MR) is 47.9 cm³/mol. The Morgan fingerprint density at radius 1 is 1.54 bits per heavy atom. The first kappa shape index (κ1) is 9.45. The number of halogens is 1. The van der Waals surface area contributed by atoms with Crippen molar-refractivity contribution in [2.45, 2.75) is 6.67 Å². The molecule has 0 radical (unpaired) electrons. The molecule has 1 aromatic rings. The van der Waals surface area contributed by atoms with Crippen LogP contribution in [-0.2, 0) is 11.5 Å². The van der Waals surface area contributed by atoms with Crippen LogP contribution in [0.3, 0.4) is 0 Å². The molecule has 0 spiro atoms. The molecule has 0 saturated carbocycles. The zero-order chi connectivity index (χ0) is 9.68. The van der Waals surface area contributed by atoms with Crippen molar-refractivity contribution in [1.82, 2.24) is 0 Å². The molecule has 0 aliphatic heterocycles. The number of hydrogen-bond acceptors (Lipinski definition) is 1. The maximum atomic E-state index is 12.2. The van der Waals surface area contributed by atoms with E-state index >= 15 is 0 Å². The number of alkyl halides is 1. The first-order chi connectivity index (χ1) is 6.22. The molecule has 1 aromatic carbocycles. The van der Waals surface area contributed by atoms with E-state index in [-0.39, 0.29) is 0 Å². The summed E-state index contributed by atoms with van der Waals surface area (Å²) in [7, 11) is 0. The normalized spacial score (nSPS) is 10.5. The van der Waals surface area contributed by atoms with E-state index in [1.165, 1.54) is 6.08 Å². The quantitative estimate of drug-likeness (QED) is 0.724. The molecular weight excluding hydrogens is 171 g/mol. The Morgan fingerprint density at radius 3 is 2.92 bits per heavy atom. The van der Waals surface area contributed by atoms with E-state index in [1.807, 2.05) is 0 Å². The van der Waals surface area contributed by atoms with Crippen LogP contribution in [0.25, 0.3) is 6.08 Å². The molecule has 1 N–H and O–H groups in total. The lowest BCUT2D eigenvalue weighted by atomic mass is 10.1. The minimum absolute atomic E-state index is 0.533. The van der Waals surface area contributed by atoms with Gasteiger partial charge in [-0.3, -0.25) is 0 Å². The van der Waals surface area contributed by atoms with Crippen molar-refractivity contribution >= 4 is 12.0 Å². The summed E-state index contributed by atoms with van der Waals surface area (Å²) in [6.45, 7) is -0.533. The van der Waals surface area contributed by atoms with Gasteiger partial charge in [0.25, 0.3) is 0 Å². The van der Waals surface area contributed by atoms with E-state index in [1.54, 1.807) is 24.3 Å². The number of benzene rings is 1. The molecule has 0 fully saturated rings. The van der Waals surface area contributed by atoms with Gasteiger partial charge in [0, 0.05) is 6.08 Å². The molecule has 0 heterocycles. The molecule has 0 unspecified atom stereocenters. The van der Waals surface area contributed by atoms with Crippen LogP contribution in [0, 0.1) is 0 Å². The van der Waals surface area contributed by atoms with Crippen LogP contribution in [0.5, 0.6) is 0 Å². The topological polar surface area (TPSA) is 37.3 Å². The summed E-state index contributed by atoms with van der Waals surface area (Å²) in [6.07, 6.45) is 2.46. The van der Waals surface area contributed by atoms with Gasteiger partial charge < -0.3 is 5.11 Å². The van der Waals surface area contributed by atoms with E-state index in [4.69, 9.17) is 5.11 Å². The van der Waals surface area contributed by atoms with Crippen LogP contribution in [0.1, 0.15) is 11.1 Å². The van der Waals surface area contributed by atoms with Crippen LogP contribution in [0.15, 0.2) is 30.3 Å². The molecule has 0 atom stereocenters. The number of carboxylic acid groups (broad SMARTS) is 1. The van der Waals surface area contributed by atoms with Crippen LogP contribution >= 0.6 is 0 Å². The third kappa shape index (κ3) is 3.07. The minimum atomic E-state index is -1.01. The number of hydrogen-bond donors (Lipinski definition) is 1. The number of rotatable bonds is 3. The summed E-state index contributed by atoms with van der Waals surface area (Å²) in [6, 6.07) is 6.67. The van der Waals surface area contributed by atoms with E-state index in [0.717, 1.165) is 6.08 Å². The second kappa shape index (κ2) is 4.40. The van der Waals surface area contributed by atoms with Crippen LogP contribution in [0.2, 0.25) is 0 Å². The Hall–Kier alpha value is -1.64. The van der Waals surface area contributed by atoms with Crippen molar-refractivity contribution in [3.63, 3.8) is 0 Å². The Balaban J connectivity index is 2.83. The molecular formula is C10H9FO2. The van der Waals surface area contributed by atoms with Gasteiger partial charge in [0.2, 0.25) is 0 Å². The van der Waals surface area contributed by atoms with Gasteiger partial charge in [-0.25, -0.2) is 9.18 Å². The van der Waals surface area contributed by atoms with Gasteiger partial charge in [-0.15, -0.1) is 0 Å². The molecule has 0 aliphatic rings. The third-order valence-corrected chi connectivity index (χ3v) is 1.52. The average Bonchev–Trinajstić information content (AvgIpc) is 2.15. The van der Waals surface area contributed by atoms with Crippen LogP contribution in [-0.4, -0.2) is 11.1 Å². The summed E-state index contributed by atoms with van der Waals surface area (Å²) in [5, 5.41) is 8.34. The highest BCUT2D eigenvalue weighted by Gasteiger charge is 1.92. The highest BCUT2D eigenvalue weighted by molar-refractivity contribution is 5.85. The van der Waals surface area contributed by atoms with Crippen LogP contribution in [0.4, 0.5) is 4.39 Å². The predicted octanol–water partition coefficient (Wildman–Crippen LogP) is 2.25. The molecule has 0 aliphatic carbocycles. The van der Waals surface area contributed by atoms with Crippen molar-refractivity contribution in [3.8, 4) is 0 Å². The molecule has 0 aromatic heterocycles. The van der Waals surface area contributed by atoms with Crippen molar-refractivity contribution in [2.24, 2.45) is 0 Å². The van der Waals surface area contributed by atoms with Gasteiger partial charge in [0.15, 0.2) is 0 Å². The van der Waals surface area contributed by atoms with E-state index in [2.05, 4.69) is 0 Å². The fourth-order valence-electron chi connectivity index (χ4n) is 0.947. The monoisotopic (exact) mass is 180 g/mol. The summed E-state index contributed by atoms with van der Waals surface area (Å²) in [5.74, 6) is -1.01. The smallest absolute Gasteiger partial charge is 0.328 e. The molecule has 0 bridgehead atoms. The lowest BCUT2D eigenvalue weighted by Gasteiger charge is -1.95. The summed E-state index contributed by atoms with van der Waals surface area (Å²) in [4.78, 5) is 10.2. The number of aliphatic carboxylic acids is 1. The Morgan fingerprint density at radius 2 is 2.31 bits per heavy atom. The number of carbonyl (C=O) groups is 1. The fraction of sp³-hybridized carbons (Fsp3) is 0.100. The van der Waals surface area contributed by atoms with Gasteiger partial charge >= 0.3 is 5.97 Å². The van der Waals surface area contributed by atoms with E-state index < -0.39 is 12.6 Å². The zero-order valence-electron chi connectivity index (χ0n) is 6.90. The molecule has 0 saturated heterocycles. The van der Waals surface area contributed by atoms with Gasteiger partial charge in [0.05, 0.1) is 0 Å². The third-order valence-electron chi connectivity index (χ3n) is 1.52. The highest BCUT2D eigenvalue weighted by atomic mass is 19.1. The zero-order valence-corrected chi connectivity index (χ0v) is 6.90. The first-order valence-electron chi connectivity index (χ1n) is 3.78. The average molecular weight is 180 g/mol. The van der Waals surface area contributed by atoms with Crippen molar-refractivity contribution < 1.29 is 14.3 Å². The maximum Gasteiger partial charge on any atom is 0.328 e. The van der Waals surface area contributed by atoms with E-state index in [0.29, 0.717) is 11.1 Å². The largest absolute Gasteiger partial charge is 0.478 e. The second-order valence-electron chi connectivity index (χ2n) is 2.55. The minimum Gasteiger partial charge on any atom is -0.478 e. The van der Waals surface area contributed by atoms with E-state index in [9.17, 15) is 9.18 Å². The lowest BCUT2D eigenvalue weighted by Crippen LogP contribution is -1.86. The standard InChI is InChI=1S/C10H9FO2/c11-7-9-3-1-2-8(6-9)4-5-10(12)13/h1-6H,7H2,(H,12,13). The van der Waals surface area contributed by atoms with Crippen molar-refractivity contribution in [1.29, 1.82) is 0 Å². The van der Waals surface area contributed by atoms with Crippen LogP contribution < -0.4 is 0 Å². The SMILES string of the molecule is O=C(O)C=Cc1cccc(CF)c1. The summed E-state index contributed by atoms with van der Waals surface area (Å²) in [5.41, 5.74) is 1.24. The first-order valence-corrected chi connectivity index (χ1v) is 3.78.